The van der Waals surface area contributed by atoms with E-state index in [1.54, 1.807) is 0 Å². The lowest BCUT2D eigenvalue weighted by atomic mass is 9.79. The van der Waals surface area contributed by atoms with Crippen LogP contribution in [0.2, 0.25) is 0 Å². The monoisotopic (exact) mass is 467 g/mol. The third-order valence-corrected chi connectivity index (χ3v) is 8.53. The van der Waals surface area contributed by atoms with Gasteiger partial charge in [-0.1, -0.05) is 81.4 Å². The number of rotatable bonds is 5. The van der Waals surface area contributed by atoms with Crippen LogP contribution in [0.15, 0.2) is 60.7 Å². The Morgan fingerprint density at radius 1 is 0.970 bits per heavy atom. The average Bonchev–Trinajstić information content (AvgIpc) is 3.00. The smallest absolute Gasteiger partial charge is 0.417 e. The largest absolute Gasteiger partial charge is 0.443 e. The molecule has 33 heavy (non-hydrogen) atoms. The van der Waals surface area contributed by atoms with Crippen molar-refractivity contribution in [3.63, 3.8) is 0 Å². The van der Waals surface area contributed by atoms with Gasteiger partial charge in [0.05, 0.1) is 5.41 Å². The molecule has 6 heteroatoms. The van der Waals surface area contributed by atoms with E-state index in [1.807, 2.05) is 64.1 Å². The molecule has 3 rings (SSSR count). The number of carbonyl (C=O) groups excluding carboxylic acids is 2. The van der Waals surface area contributed by atoms with Gasteiger partial charge in [0, 0.05) is 12.6 Å². The number of carbonyl (C=O) groups is 2. The topological polar surface area (TPSA) is 55.8 Å². The third kappa shape index (κ3) is 5.92. The molecular weight excluding hydrogens is 430 g/mol. The molecule has 0 bridgehead atoms. The number of imide groups is 1. The minimum absolute atomic E-state index is 0.217. The van der Waals surface area contributed by atoms with Gasteiger partial charge in [0.2, 0.25) is 14.9 Å². The molecule has 1 aliphatic rings. The van der Waals surface area contributed by atoms with E-state index >= 15 is 0 Å². The maximum Gasteiger partial charge on any atom is 0.417 e. The first-order valence-corrected chi connectivity index (χ1v) is 13.2. The predicted octanol–water partition coefficient (Wildman–Crippen LogP) is 4.13. The highest BCUT2D eigenvalue weighted by molar-refractivity contribution is 6.80. The fraction of sp³-hybridized carbons (Fsp3) is 0.481. The van der Waals surface area contributed by atoms with Gasteiger partial charge in [-0.05, 0) is 49.9 Å². The summed E-state index contributed by atoms with van der Waals surface area (Å²) in [5.41, 5.74) is -1.75. The van der Waals surface area contributed by atoms with E-state index in [9.17, 15) is 9.59 Å². The zero-order valence-electron chi connectivity index (χ0n) is 20.9. The van der Waals surface area contributed by atoms with Crippen LogP contribution in [0.1, 0.15) is 54.9 Å². The molecule has 0 saturated carbocycles. The molecule has 0 radical (unpaired) electrons. The lowest BCUT2D eigenvalue weighted by Crippen LogP contribution is -2.49. The summed E-state index contributed by atoms with van der Waals surface area (Å²) in [5.74, 6) is -0.217. The van der Waals surface area contributed by atoms with Crippen LogP contribution in [-0.2, 0) is 14.0 Å². The molecule has 5 nitrogen and oxygen atoms in total. The first kappa shape index (κ1) is 25.2. The second-order valence-corrected chi connectivity index (χ2v) is 13.7. The Bertz CT molecular complexity index is 926. The Labute approximate surface area is 199 Å². The molecule has 1 fully saturated rings. The zero-order valence-corrected chi connectivity index (χ0v) is 22.1. The van der Waals surface area contributed by atoms with Gasteiger partial charge in [0.15, 0.2) is 0 Å². The van der Waals surface area contributed by atoms with Crippen LogP contribution < -0.4 is 10.4 Å². The molecule has 0 spiro atoms. The van der Waals surface area contributed by atoms with Crippen molar-refractivity contribution in [2.75, 3.05) is 6.61 Å². The maximum atomic E-state index is 13.7. The lowest BCUT2D eigenvalue weighted by molar-refractivity contribution is -0.137. The normalized spacial score (nSPS) is 21.5. The minimum atomic E-state index is -2.01. The number of amides is 2. The van der Waals surface area contributed by atoms with E-state index in [0.717, 1.165) is 10.4 Å². The van der Waals surface area contributed by atoms with Crippen molar-refractivity contribution in [1.82, 2.24) is 4.90 Å². The van der Waals surface area contributed by atoms with Gasteiger partial charge in [-0.2, -0.15) is 0 Å². The Kier molecular flexibility index (Phi) is 7.20. The fourth-order valence-corrected chi connectivity index (χ4v) is 6.73. The summed E-state index contributed by atoms with van der Waals surface area (Å²) in [5, 5.41) is 2.32. The van der Waals surface area contributed by atoms with Crippen molar-refractivity contribution in [2.24, 2.45) is 10.8 Å². The van der Waals surface area contributed by atoms with Crippen LogP contribution >= 0.6 is 0 Å². The standard InChI is InChI=1S/C27H37NO4Si/c1-25(2,3)22-18-27(7,23(29)28(22)24(30)32-26(4,5)6)19-31-33(20-14-10-8-11-15-20)21-16-12-9-13-17-21/h8-17,22,33H,18-19H2,1-7H3. The molecule has 2 aromatic carbocycles. The molecule has 0 aliphatic carbocycles. The van der Waals surface area contributed by atoms with Gasteiger partial charge in [-0.3, -0.25) is 4.79 Å². The first-order valence-electron chi connectivity index (χ1n) is 11.6. The predicted molar refractivity (Wildman–Crippen MR) is 134 cm³/mol. The van der Waals surface area contributed by atoms with Crippen LogP contribution in [0.5, 0.6) is 0 Å². The maximum absolute atomic E-state index is 13.7. The van der Waals surface area contributed by atoms with Gasteiger partial charge >= 0.3 is 6.09 Å². The van der Waals surface area contributed by atoms with Crippen LogP contribution in [0, 0.1) is 10.8 Å². The number of ether oxygens (including phenoxy) is 1. The van der Waals surface area contributed by atoms with E-state index in [4.69, 9.17) is 9.16 Å². The molecule has 1 heterocycles. The first-order chi connectivity index (χ1) is 15.3. The zero-order chi connectivity index (χ0) is 24.4. The van der Waals surface area contributed by atoms with Crippen LogP contribution in [0.25, 0.3) is 0 Å². The summed E-state index contributed by atoms with van der Waals surface area (Å²) in [6.45, 7) is 13.8. The fourth-order valence-electron chi connectivity index (χ4n) is 4.28. The van der Waals surface area contributed by atoms with Gasteiger partial charge < -0.3 is 9.16 Å². The molecule has 1 aliphatic heterocycles. The summed E-state index contributed by atoms with van der Waals surface area (Å²) in [4.78, 5) is 28.0. The van der Waals surface area contributed by atoms with Gasteiger partial charge in [0.25, 0.3) is 0 Å². The summed E-state index contributed by atoms with van der Waals surface area (Å²) in [6, 6.07) is 20.2. The number of benzene rings is 2. The van der Waals surface area contributed by atoms with Crippen molar-refractivity contribution < 1.29 is 18.8 Å². The summed E-state index contributed by atoms with van der Waals surface area (Å²) in [7, 11) is -2.01. The minimum Gasteiger partial charge on any atom is -0.443 e. The Morgan fingerprint density at radius 3 is 1.88 bits per heavy atom. The summed E-state index contributed by atoms with van der Waals surface area (Å²) < 4.78 is 12.2. The molecular formula is C27H37NO4Si. The van der Waals surface area contributed by atoms with E-state index in [2.05, 4.69) is 45.0 Å². The van der Waals surface area contributed by atoms with Gasteiger partial charge in [-0.25, -0.2) is 9.69 Å². The molecule has 2 aromatic rings. The second-order valence-electron chi connectivity index (χ2n) is 11.3. The number of hydrogen-bond donors (Lipinski definition) is 0. The van der Waals surface area contributed by atoms with Crippen molar-refractivity contribution in [2.45, 2.75) is 66.5 Å². The quantitative estimate of drug-likeness (QED) is 0.621. The van der Waals surface area contributed by atoms with Crippen molar-refractivity contribution >= 4 is 31.4 Å². The summed E-state index contributed by atoms with van der Waals surface area (Å²) >= 11 is 0. The number of hydrogen-bond acceptors (Lipinski definition) is 4. The van der Waals surface area contributed by atoms with E-state index < -0.39 is 26.1 Å². The Hall–Kier alpha value is -2.44. The SMILES string of the molecule is CC(C)(C)OC(=O)N1C(=O)C(C)(CO[SiH](c2ccccc2)c2ccccc2)CC1C(C)(C)C. The highest BCUT2D eigenvalue weighted by Gasteiger charge is 2.55. The van der Waals surface area contributed by atoms with Gasteiger partial charge in [0.1, 0.15) is 5.60 Å². The van der Waals surface area contributed by atoms with Crippen LogP contribution in [0.3, 0.4) is 0 Å². The highest BCUT2D eigenvalue weighted by atomic mass is 28.3. The van der Waals surface area contributed by atoms with Crippen molar-refractivity contribution in [3.8, 4) is 0 Å². The van der Waals surface area contributed by atoms with Crippen molar-refractivity contribution in [1.29, 1.82) is 0 Å². The Balaban J connectivity index is 1.88. The molecule has 0 N–H and O–H groups in total. The third-order valence-electron chi connectivity index (χ3n) is 6.05. The summed E-state index contributed by atoms with van der Waals surface area (Å²) in [6.07, 6.45) is -0.0321. The van der Waals surface area contributed by atoms with E-state index in [1.165, 1.54) is 4.90 Å². The molecule has 178 valence electrons. The average molecular weight is 468 g/mol. The lowest BCUT2D eigenvalue weighted by Gasteiger charge is -2.34. The number of likely N-dealkylation sites (tertiary alicyclic amines) is 1. The molecule has 0 aromatic heterocycles. The van der Waals surface area contributed by atoms with Crippen molar-refractivity contribution in [3.05, 3.63) is 60.7 Å². The highest BCUT2D eigenvalue weighted by Crippen LogP contribution is 2.44. The van der Waals surface area contributed by atoms with Gasteiger partial charge in [-0.15, -0.1) is 0 Å². The molecule has 2 amide bonds. The Morgan fingerprint density at radius 2 is 1.45 bits per heavy atom. The van der Waals surface area contributed by atoms with E-state index in [-0.39, 0.29) is 24.0 Å². The second kappa shape index (κ2) is 9.43. The van der Waals surface area contributed by atoms with Crippen LogP contribution in [0.4, 0.5) is 4.79 Å². The molecule has 1 saturated heterocycles. The number of nitrogens with zero attached hydrogens (tertiary/aromatic N) is 1. The molecule has 2 unspecified atom stereocenters. The van der Waals surface area contributed by atoms with Crippen LogP contribution in [-0.4, -0.2) is 44.2 Å². The molecule has 2 atom stereocenters. The van der Waals surface area contributed by atoms with E-state index in [0.29, 0.717) is 6.42 Å².